The standard InChI is InChI=1S/C15H25N/c1-11(2)15(10-16-5)9-14-8-12(3)6-7-13(14)4/h6-8,11,15-16H,9-10H2,1-5H3. The minimum atomic E-state index is 0.727. The van der Waals surface area contributed by atoms with Crippen LogP contribution in [0.5, 0.6) is 0 Å². The highest BCUT2D eigenvalue weighted by Crippen LogP contribution is 2.20. The Bertz CT molecular complexity index is 328. The fourth-order valence-corrected chi connectivity index (χ4v) is 2.11. The summed E-state index contributed by atoms with van der Waals surface area (Å²) in [5, 5.41) is 3.30. The maximum Gasteiger partial charge on any atom is -0.00179 e. The molecule has 0 saturated carbocycles. The van der Waals surface area contributed by atoms with E-state index in [1.165, 1.54) is 23.1 Å². The van der Waals surface area contributed by atoms with Crippen LogP contribution in [0.4, 0.5) is 0 Å². The maximum absolute atomic E-state index is 3.30. The van der Waals surface area contributed by atoms with Gasteiger partial charge in [-0.25, -0.2) is 0 Å². The van der Waals surface area contributed by atoms with Crippen LogP contribution in [0.3, 0.4) is 0 Å². The Morgan fingerprint density at radius 2 is 1.88 bits per heavy atom. The van der Waals surface area contributed by atoms with Crippen LogP contribution in [-0.2, 0) is 6.42 Å². The Balaban J connectivity index is 2.80. The number of hydrogen-bond donors (Lipinski definition) is 1. The molecule has 1 nitrogen and oxygen atoms in total. The molecule has 0 radical (unpaired) electrons. The summed E-state index contributed by atoms with van der Waals surface area (Å²) in [4.78, 5) is 0. The van der Waals surface area contributed by atoms with E-state index < -0.39 is 0 Å². The van der Waals surface area contributed by atoms with E-state index in [-0.39, 0.29) is 0 Å². The van der Waals surface area contributed by atoms with Crippen molar-refractivity contribution in [1.82, 2.24) is 5.32 Å². The molecule has 0 spiro atoms. The summed E-state index contributed by atoms with van der Waals surface area (Å²) in [5.74, 6) is 1.46. The summed E-state index contributed by atoms with van der Waals surface area (Å²) in [6, 6.07) is 6.77. The molecule has 16 heavy (non-hydrogen) atoms. The van der Waals surface area contributed by atoms with E-state index in [0.717, 1.165) is 18.4 Å². The molecule has 1 rings (SSSR count). The Hall–Kier alpha value is -0.820. The Labute approximate surface area is 100 Å². The monoisotopic (exact) mass is 219 g/mol. The zero-order valence-corrected chi connectivity index (χ0v) is 11.3. The smallest absolute Gasteiger partial charge is 0.00179 e. The van der Waals surface area contributed by atoms with E-state index in [0.29, 0.717) is 0 Å². The zero-order valence-electron chi connectivity index (χ0n) is 11.3. The van der Waals surface area contributed by atoms with Gasteiger partial charge in [0.1, 0.15) is 0 Å². The third kappa shape index (κ3) is 3.64. The van der Waals surface area contributed by atoms with Crippen molar-refractivity contribution >= 4 is 0 Å². The van der Waals surface area contributed by atoms with Crippen molar-refractivity contribution in [2.75, 3.05) is 13.6 Å². The minimum absolute atomic E-state index is 0.727. The summed E-state index contributed by atoms with van der Waals surface area (Å²) in [6.07, 6.45) is 1.19. The van der Waals surface area contributed by atoms with Gasteiger partial charge < -0.3 is 5.32 Å². The summed E-state index contributed by atoms with van der Waals surface area (Å²) in [5.41, 5.74) is 4.30. The summed E-state index contributed by atoms with van der Waals surface area (Å²) < 4.78 is 0. The van der Waals surface area contributed by atoms with Gasteiger partial charge in [0.25, 0.3) is 0 Å². The van der Waals surface area contributed by atoms with Crippen molar-refractivity contribution in [3.63, 3.8) is 0 Å². The number of benzene rings is 1. The van der Waals surface area contributed by atoms with Crippen molar-refractivity contribution in [3.8, 4) is 0 Å². The van der Waals surface area contributed by atoms with Crippen LogP contribution in [0.25, 0.3) is 0 Å². The van der Waals surface area contributed by atoms with Crippen LogP contribution in [0.15, 0.2) is 18.2 Å². The molecule has 1 atom stereocenters. The highest BCUT2D eigenvalue weighted by atomic mass is 14.8. The normalized spacial score (nSPS) is 13.1. The first kappa shape index (κ1) is 13.2. The lowest BCUT2D eigenvalue weighted by atomic mass is 9.87. The van der Waals surface area contributed by atoms with Crippen LogP contribution in [-0.4, -0.2) is 13.6 Å². The predicted molar refractivity (Wildman–Crippen MR) is 71.9 cm³/mol. The van der Waals surface area contributed by atoms with Gasteiger partial charge in [-0.1, -0.05) is 37.6 Å². The van der Waals surface area contributed by atoms with E-state index in [2.05, 4.69) is 51.2 Å². The number of hydrogen-bond acceptors (Lipinski definition) is 1. The third-order valence-electron chi connectivity index (χ3n) is 3.40. The summed E-state index contributed by atoms with van der Waals surface area (Å²) in [6.45, 7) is 10.1. The summed E-state index contributed by atoms with van der Waals surface area (Å²) >= 11 is 0. The molecule has 0 saturated heterocycles. The molecule has 1 unspecified atom stereocenters. The van der Waals surface area contributed by atoms with Crippen molar-refractivity contribution in [2.45, 2.75) is 34.1 Å². The molecule has 1 aromatic carbocycles. The first-order valence-electron chi connectivity index (χ1n) is 6.25. The van der Waals surface area contributed by atoms with Crippen LogP contribution < -0.4 is 5.32 Å². The lowest BCUT2D eigenvalue weighted by Gasteiger charge is -2.21. The average Bonchev–Trinajstić information content (AvgIpc) is 2.22. The molecular weight excluding hydrogens is 194 g/mol. The topological polar surface area (TPSA) is 12.0 Å². The first-order chi connectivity index (χ1) is 7.54. The van der Waals surface area contributed by atoms with Crippen LogP contribution in [0, 0.1) is 25.7 Å². The first-order valence-corrected chi connectivity index (χ1v) is 6.25. The Morgan fingerprint density at radius 3 is 2.44 bits per heavy atom. The van der Waals surface area contributed by atoms with Gasteiger partial charge in [-0.05, 0) is 56.8 Å². The number of rotatable bonds is 5. The highest BCUT2D eigenvalue weighted by Gasteiger charge is 2.14. The molecule has 0 fully saturated rings. The van der Waals surface area contributed by atoms with Gasteiger partial charge in [0.05, 0.1) is 0 Å². The van der Waals surface area contributed by atoms with Crippen LogP contribution >= 0.6 is 0 Å². The fraction of sp³-hybridized carbons (Fsp3) is 0.600. The van der Waals surface area contributed by atoms with Crippen molar-refractivity contribution < 1.29 is 0 Å². The molecule has 90 valence electrons. The summed E-state index contributed by atoms with van der Waals surface area (Å²) in [7, 11) is 2.04. The molecule has 0 aliphatic carbocycles. The number of aryl methyl sites for hydroxylation is 2. The predicted octanol–water partition coefficient (Wildman–Crippen LogP) is 3.34. The maximum atomic E-state index is 3.30. The van der Waals surface area contributed by atoms with Crippen molar-refractivity contribution in [3.05, 3.63) is 34.9 Å². The molecule has 0 amide bonds. The fourth-order valence-electron chi connectivity index (χ4n) is 2.11. The largest absolute Gasteiger partial charge is 0.319 e. The van der Waals surface area contributed by atoms with Crippen LogP contribution in [0.1, 0.15) is 30.5 Å². The SMILES string of the molecule is CNCC(Cc1cc(C)ccc1C)C(C)C. The second-order valence-electron chi connectivity index (χ2n) is 5.20. The van der Waals surface area contributed by atoms with E-state index in [4.69, 9.17) is 0 Å². The molecule has 0 aliphatic rings. The second-order valence-corrected chi connectivity index (χ2v) is 5.20. The van der Waals surface area contributed by atoms with Gasteiger partial charge in [-0.2, -0.15) is 0 Å². The lowest BCUT2D eigenvalue weighted by molar-refractivity contribution is 0.370. The molecular formula is C15H25N. The van der Waals surface area contributed by atoms with Gasteiger partial charge in [0.2, 0.25) is 0 Å². The van der Waals surface area contributed by atoms with E-state index in [1.807, 2.05) is 7.05 Å². The van der Waals surface area contributed by atoms with Gasteiger partial charge in [-0.3, -0.25) is 0 Å². The van der Waals surface area contributed by atoms with E-state index >= 15 is 0 Å². The minimum Gasteiger partial charge on any atom is -0.319 e. The van der Waals surface area contributed by atoms with E-state index in [9.17, 15) is 0 Å². The molecule has 0 bridgehead atoms. The van der Waals surface area contributed by atoms with Gasteiger partial charge >= 0.3 is 0 Å². The second kappa shape index (κ2) is 6.05. The molecule has 0 aliphatic heterocycles. The quantitative estimate of drug-likeness (QED) is 0.801. The molecule has 0 aromatic heterocycles. The molecule has 0 heterocycles. The molecule has 1 N–H and O–H groups in total. The third-order valence-corrected chi connectivity index (χ3v) is 3.40. The number of nitrogens with one attached hydrogen (secondary N) is 1. The molecule has 1 heteroatoms. The van der Waals surface area contributed by atoms with Crippen LogP contribution in [0.2, 0.25) is 0 Å². The van der Waals surface area contributed by atoms with Crippen molar-refractivity contribution in [2.24, 2.45) is 11.8 Å². The Kier molecular flexibility index (Phi) is 5.01. The van der Waals surface area contributed by atoms with Gasteiger partial charge in [0, 0.05) is 0 Å². The van der Waals surface area contributed by atoms with Gasteiger partial charge in [0.15, 0.2) is 0 Å². The zero-order chi connectivity index (χ0) is 12.1. The van der Waals surface area contributed by atoms with Crippen molar-refractivity contribution in [1.29, 1.82) is 0 Å². The lowest BCUT2D eigenvalue weighted by Crippen LogP contribution is -2.25. The average molecular weight is 219 g/mol. The van der Waals surface area contributed by atoms with E-state index in [1.54, 1.807) is 0 Å². The van der Waals surface area contributed by atoms with Gasteiger partial charge in [-0.15, -0.1) is 0 Å². The Morgan fingerprint density at radius 1 is 1.19 bits per heavy atom. The highest BCUT2D eigenvalue weighted by molar-refractivity contribution is 5.30. The molecule has 1 aromatic rings.